The molecule has 0 saturated heterocycles. The number of rotatable bonds is 2. The van der Waals surface area contributed by atoms with Gasteiger partial charge in [-0.15, -0.1) is 0 Å². The average Bonchev–Trinajstić information content (AvgIpc) is 2.83. The van der Waals surface area contributed by atoms with Crippen LogP contribution in [0, 0.1) is 23.3 Å². The van der Waals surface area contributed by atoms with E-state index < -0.39 is 29.2 Å². The van der Waals surface area contributed by atoms with Crippen LogP contribution in [0.3, 0.4) is 0 Å². The van der Waals surface area contributed by atoms with Gasteiger partial charge in [-0.2, -0.15) is 0 Å². The molecule has 0 spiro atoms. The van der Waals surface area contributed by atoms with Gasteiger partial charge in [0.25, 0.3) is 0 Å². The molecule has 1 aliphatic heterocycles. The van der Waals surface area contributed by atoms with Gasteiger partial charge in [-0.3, -0.25) is 0 Å². The molecule has 0 amide bonds. The van der Waals surface area contributed by atoms with Gasteiger partial charge in [-0.25, -0.2) is 27.3 Å². The summed E-state index contributed by atoms with van der Waals surface area (Å²) in [6.07, 6.45) is 1.05. The van der Waals surface area contributed by atoms with Gasteiger partial charge in [-0.1, -0.05) is 0 Å². The van der Waals surface area contributed by atoms with Gasteiger partial charge in [0.2, 0.25) is 5.90 Å². The van der Waals surface area contributed by atoms with Gasteiger partial charge in [-0.05, 0) is 30.3 Å². The monoisotopic (exact) mass is 321 g/mol. The van der Waals surface area contributed by atoms with Crippen LogP contribution in [0.15, 0.2) is 47.1 Å². The minimum Gasteiger partial charge on any atom is -0.402 e. The number of halogens is 4. The number of carbonyl (C=O) groups is 1. The first-order chi connectivity index (χ1) is 10.9. The molecule has 3 rings (SSSR count). The van der Waals surface area contributed by atoms with Gasteiger partial charge in [0.15, 0.2) is 5.70 Å². The number of esters is 1. The van der Waals surface area contributed by atoms with Gasteiger partial charge in [0, 0.05) is 17.7 Å². The number of benzene rings is 2. The van der Waals surface area contributed by atoms with E-state index in [0.29, 0.717) is 12.1 Å². The van der Waals surface area contributed by atoms with Crippen LogP contribution in [0.4, 0.5) is 17.6 Å². The molecule has 0 radical (unpaired) electrons. The highest BCUT2D eigenvalue weighted by Gasteiger charge is 2.26. The van der Waals surface area contributed by atoms with E-state index in [1.165, 1.54) is 0 Å². The minimum absolute atomic E-state index is 0.0806. The van der Waals surface area contributed by atoms with Crippen molar-refractivity contribution in [2.45, 2.75) is 0 Å². The standard InChI is InChI=1S/C16H7F4NO2/c17-9-2-1-8(12(19)6-9)5-14-16(22)23-15(21-14)11-4-3-10(18)7-13(11)20/h1-7H/b14-5+. The predicted molar refractivity (Wildman–Crippen MR) is 73.3 cm³/mol. The predicted octanol–water partition coefficient (Wildman–Crippen LogP) is 3.59. The van der Waals surface area contributed by atoms with Crippen molar-refractivity contribution in [1.29, 1.82) is 0 Å². The summed E-state index contributed by atoms with van der Waals surface area (Å²) in [5.41, 5.74) is -0.570. The largest absolute Gasteiger partial charge is 0.402 e. The molecule has 23 heavy (non-hydrogen) atoms. The van der Waals surface area contributed by atoms with Crippen molar-refractivity contribution in [2.75, 3.05) is 0 Å². The normalized spacial score (nSPS) is 15.7. The highest BCUT2D eigenvalue weighted by atomic mass is 19.1. The fourth-order valence-corrected chi connectivity index (χ4v) is 1.95. The fraction of sp³-hybridized carbons (Fsp3) is 0. The number of ether oxygens (including phenoxy) is 1. The second-order valence-corrected chi connectivity index (χ2v) is 4.63. The molecule has 3 nitrogen and oxygen atoms in total. The Morgan fingerprint density at radius 2 is 1.57 bits per heavy atom. The van der Waals surface area contributed by atoms with E-state index in [9.17, 15) is 22.4 Å². The Bertz CT molecular complexity index is 874. The SMILES string of the molecule is O=C1OC(c2ccc(F)cc2F)=N/C1=C/c1ccc(F)cc1F. The van der Waals surface area contributed by atoms with Crippen molar-refractivity contribution >= 4 is 17.9 Å². The van der Waals surface area contributed by atoms with E-state index in [1.807, 2.05) is 0 Å². The number of hydrogen-bond donors (Lipinski definition) is 0. The number of cyclic esters (lactones) is 1. The zero-order valence-electron chi connectivity index (χ0n) is 11.3. The molecule has 0 atom stereocenters. The summed E-state index contributed by atoms with van der Waals surface area (Å²) in [7, 11) is 0. The molecule has 7 heteroatoms. The molecular formula is C16H7F4NO2. The van der Waals surface area contributed by atoms with Gasteiger partial charge in [0.1, 0.15) is 23.3 Å². The Morgan fingerprint density at radius 1 is 0.913 bits per heavy atom. The van der Waals surface area contributed by atoms with Crippen LogP contribution in [0.25, 0.3) is 6.08 Å². The van der Waals surface area contributed by atoms with Crippen molar-refractivity contribution in [2.24, 2.45) is 4.99 Å². The molecule has 1 aliphatic rings. The third-order valence-corrected chi connectivity index (χ3v) is 3.04. The van der Waals surface area contributed by atoms with Crippen molar-refractivity contribution < 1.29 is 27.1 Å². The first-order valence-electron chi connectivity index (χ1n) is 6.37. The molecule has 0 aromatic heterocycles. The van der Waals surface area contributed by atoms with Crippen molar-refractivity contribution in [3.63, 3.8) is 0 Å². The highest BCUT2D eigenvalue weighted by molar-refractivity contribution is 6.12. The molecule has 2 aromatic carbocycles. The van der Waals surface area contributed by atoms with Crippen molar-refractivity contribution in [3.8, 4) is 0 Å². The second kappa shape index (κ2) is 5.68. The molecule has 1 heterocycles. The Balaban J connectivity index is 1.99. The van der Waals surface area contributed by atoms with Gasteiger partial charge < -0.3 is 4.74 Å². The van der Waals surface area contributed by atoms with E-state index in [0.717, 1.165) is 30.3 Å². The van der Waals surface area contributed by atoms with Crippen molar-refractivity contribution in [3.05, 3.63) is 76.5 Å². The van der Waals surface area contributed by atoms with Crippen molar-refractivity contribution in [1.82, 2.24) is 0 Å². The summed E-state index contributed by atoms with van der Waals surface area (Å²) in [6.45, 7) is 0. The molecule has 116 valence electrons. The Kier molecular flexibility index (Phi) is 3.69. The zero-order chi connectivity index (χ0) is 16.6. The third kappa shape index (κ3) is 2.98. The van der Waals surface area contributed by atoms with Crippen LogP contribution in [-0.2, 0) is 9.53 Å². The van der Waals surface area contributed by atoms with E-state index in [1.54, 1.807) is 0 Å². The maximum Gasteiger partial charge on any atom is 0.363 e. The molecule has 0 unspecified atom stereocenters. The summed E-state index contributed by atoms with van der Waals surface area (Å²) in [5, 5.41) is 0. The lowest BCUT2D eigenvalue weighted by Crippen LogP contribution is -2.07. The summed E-state index contributed by atoms with van der Waals surface area (Å²) in [4.78, 5) is 15.5. The minimum atomic E-state index is -0.953. The summed E-state index contributed by atoms with van der Waals surface area (Å²) in [6, 6.07) is 5.45. The first-order valence-corrected chi connectivity index (χ1v) is 6.37. The number of hydrogen-bond acceptors (Lipinski definition) is 3. The maximum atomic E-state index is 13.7. The molecule has 0 fully saturated rings. The van der Waals surface area contributed by atoms with E-state index in [-0.39, 0.29) is 22.7 Å². The topological polar surface area (TPSA) is 38.7 Å². The first kappa shape index (κ1) is 15.0. The Hall–Kier alpha value is -2.96. The van der Waals surface area contributed by atoms with Crippen LogP contribution < -0.4 is 0 Å². The van der Waals surface area contributed by atoms with Crippen LogP contribution >= 0.6 is 0 Å². The van der Waals surface area contributed by atoms with Crippen LogP contribution in [-0.4, -0.2) is 11.9 Å². The lowest BCUT2D eigenvalue weighted by Gasteiger charge is -2.00. The molecule has 2 aromatic rings. The fourth-order valence-electron chi connectivity index (χ4n) is 1.95. The van der Waals surface area contributed by atoms with Crippen LogP contribution in [0.1, 0.15) is 11.1 Å². The molecular weight excluding hydrogens is 314 g/mol. The van der Waals surface area contributed by atoms with E-state index in [4.69, 9.17) is 4.74 Å². The summed E-state index contributed by atoms with van der Waals surface area (Å²) < 4.78 is 57.8. The van der Waals surface area contributed by atoms with Crippen LogP contribution in [0.5, 0.6) is 0 Å². The number of nitrogens with zero attached hydrogens (tertiary/aromatic N) is 1. The molecule has 0 N–H and O–H groups in total. The number of carbonyl (C=O) groups excluding carboxylic acids is 1. The lowest BCUT2D eigenvalue weighted by molar-refractivity contribution is -0.129. The van der Waals surface area contributed by atoms with E-state index >= 15 is 0 Å². The molecule has 0 aliphatic carbocycles. The summed E-state index contributed by atoms with van der Waals surface area (Å²) in [5.74, 6) is -4.68. The molecule has 0 saturated carbocycles. The van der Waals surface area contributed by atoms with E-state index in [2.05, 4.69) is 4.99 Å². The molecule has 0 bridgehead atoms. The average molecular weight is 321 g/mol. The maximum absolute atomic E-state index is 13.7. The zero-order valence-corrected chi connectivity index (χ0v) is 11.3. The van der Waals surface area contributed by atoms with Gasteiger partial charge in [0.05, 0.1) is 5.56 Å². The highest BCUT2D eigenvalue weighted by Crippen LogP contribution is 2.22. The quantitative estimate of drug-likeness (QED) is 0.482. The smallest absolute Gasteiger partial charge is 0.363 e. The third-order valence-electron chi connectivity index (χ3n) is 3.04. The Labute approximate surface area is 127 Å². The van der Waals surface area contributed by atoms with Gasteiger partial charge >= 0.3 is 5.97 Å². The number of aliphatic imine (C=N–C) groups is 1. The second-order valence-electron chi connectivity index (χ2n) is 4.63. The Morgan fingerprint density at radius 3 is 2.22 bits per heavy atom. The van der Waals surface area contributed by atoms with Crippen LogP contribution in [0.2, 0.25) is 0 Å². The lowest BCUT2D eigenvalue weighted by atomic mass is 10.2. The summed E-state index contributed by atoms with van der Waals surface area (Å²) >= 11 is 0.